The highest BCUT2D eigenvalue weighted by Crippen LogP contribution is 2.50. The molecule has 4 amide bonds. The van der Waals surface area contributed by atoms with Gasteiger partial charge in [0.15, 0.2) is 5.82 Å². The average molecular weight is 974 g/mol. The fourth-order valence-corrected chi connectivity index (χ4v) is 10.8. The summed E-state index contributed by atoms with van der Waals surface area (Å²) in [4.78, 5) is 70.7. The van der Waals surface area contributed by atoms with E-state index in [1.165, 1.54) is 19.1 Å². The van der Waals surface area contributed by atoms with E-state index in [9.17, 15) is 19.2 Å². The number of amides is 4. The van der Waals surface area contributed by atoms with E-state index < -0.39 is 30.5 Å². The van der Waals surface area contributed by atoms with Gasteiger partial charge in [-0.15, -0.1) is 11.3 Å². The molecule has 2 fully saturated rings. The van der Waals surface area contributed by atoms with Crippen molar-refractivity contribution in [2.45, 2.75) is 96.5 Å². The number of aromatic nitrogens is 5. The fourth-order valence-electron chi connectivity index (χ4n) is 9.26. The predicted molar refractivity (Wildman–Crippen MR) is 262 cm³/mol. The van der Waals surface area contributed by atoms with E-state index in [1.807, 2.05) is 68.7 Å². The van der Waals surface area contributed by atoms with Crippen molar-refractivity contribution in [1.29, 1.82) is 0 Å². The summed E-state index contributed by atoms with van der Waals surface area (Å²) in [5, 5.41) is 9.42. The molecule has 5 N–H and O–H groups in total. The second kappa shape index (κ2) is 19.8. The number of alkyl carbamates (subject to hydrolysis) is 2. The lowest BCUT2D eigenvalue weighted by Gasteiger charge is -2.30. The van der Waals surface area contributed by atoms with E-state index in [2.05, 4.69) is 57.6 Å². The van der Waals surface area contributed by atoms with Crippen molar-refractivity contribution < 1.29 is 37.8 Å². The van der Waals surface area contributed by atoms with Gasteiger partial charge in [-0.05, 0) is 97.8 Å². The Balaban J connectivity index is 0.964. The molecular weight excluding hydrogens is 918 g/mol. The molecule has 16 nitrogen and oxygen atoms in total. The second-order valence-electron chi connectivity index (χ2n) is 18.6. The van der Waals surface area contributed by atoms with Gasteiger partial charge in [0.05, 0.1) is 60.1 Å². The monoisotopic (exact) mass is 973 g/mol. The maximum atomic E-state index is 17.3. The van der Waals surface area contributed by atoms with Crippen molar-refractivity contribution >= 4 is 61.3 Å². The number of imidazole rings is 2. The van der Waals surface area contributed by atoms with Gasteiger partial charge >= 0.3 is 12.2 Å². The highest BCUT2D eigenvalue weighted by Gasteiger charge is 2.39. The van der Waals surface area contributed by atoms with E-state index in [-0.39, 0.29) is 35.5 Å². The number of ether oxygens (including phenoxy) is 3. The Bertz CT molecular complexity index is 2940. The lowest BCUT2D eigenvalue weighted by atomic mass is 10.0. The van der Waals surface area contributed by atoms with Gasteiger partial charge in [0.1, 0.15) is 29.5 Å². The molecule has 9 rings (SSSR count). The number of hydrogen-bond acceptors (Lipinski definition) is 10. The zero-order valence-electron chi connectivity index (χ0n) is 39.4. The van der Waals surface area contributed by atoms with Gasteiger partial charge in [-0.25, -0.2) is 23.9 Å². The van der Waals surface area contributed by atoms with Crippen LogP contribution >= 0.6 is 11.3 Å². The van der Waals surface area contributed by atoms with Crippen LogP contribution in [0.1, 0.15) is 106 Å². The van der Waals surface area contributed by atoms with Gasteiger partial charge in [-0.2, -0.15) is 0 Å². The number of likely N-dealkylation sites (tertiary alicyclic amines) is 1. The molecule has 1 aliphatic carbocycles. The summed E-state index contributed by atoms with van der Waals surface area (Å²) in [6.07, 6.45) is 6.53. The number of nitrogens with zero attached hydrogens (tertiary/aromatic N) is 4. The van der Waals surface area contributed by atoms with Crippen LogP contribution in [0, 0.1) is 17.7 Å². The Morgan fingerprint density at radius 1 is 0.884 bits per heavy atom. The Hall–Kier alpha value is -6.60. The third kappa shape index (κ3) is 9.58. The second-order valence-corrected chi connectivity index (χ2v) is 20.3. The number of halogens is 1. The first-order valence-corrected chi connectivity index (χ1v) is 24.8. The molecule has 0 spiro atoms. The number of carbonyl (C=O) groups excluding carboxylic acids is 4. The zero-order chi connectivity index (χ0) is 48.7. The van der Waals surface area contributed by atoms with Crippen LogP contribution in [0.3, 0.4) is 0 Å². The average Bonchev–Trinajstić information content (AvgIpc) is 3.91. The van der Waals surface area contributed by atoms with Crippen LogP contribution in [0.5, 0.6) is 5.75 Å². The first-order valence-electron chi connectivity index (χ1n) is 23.4. The number of carbonyl (C=O) groups is 4. The van der Waals surface area contributed by atoms with Gasteiger partial charge in [0.25, 0.3) is 0 Å². The highest BCUT2D eigenvalue weighted by molar-refractivity contribution is 7.12. The van der Waals surface area contributed by atoms with Crippen LogP contribution in [0.4, 0.5) is 14.0 Å². The summed E-state index contributed by atoms with van der Waals surface area (Å²) in [7, 11) is 6.27. The minimum Gasteiger partial charge on any atom is -0.464 e. The van der Waals surface area contributed by atoms with Crippen LogP contribution in [0.2, 0.25) is 0 Å². The number of thiophene rings is 1. The molecule has 2 aliphatic heterocycles. The third-order valence-corrected chi connectivity index (χ3v) is 14.9. The lowest BCUT2D eigenvalue weighted by Crippen LogP contribution is -2.51. The van der Waals surface area contributed by atoms with Crippen LogP contribution < -0.4 is 20.7 Å². The molecule has 2 radical (unpaired) electrons. The first-order chi connectivity index (χ1) is 33.2. The summed E-state index contributed by atoms with van der Waals surface area (Å²) in [6.45, 7) is 8.39. The van der Waals surface area contributed by atoms with Crippen molar-refractivity contribution in [2.24, 2.45) is 11.8 Å². The number of methoxy groups -OCH3 is 2. The first kappa shape index (κ1) is 47.5. The van der Waals surface area contributed by atoms with E-state index in [4.69, 9.17) is 14.5 Å². The van der Waals surface area contributed by atoms with Gasteiger partial charge in [-0.3, -0.25) is 14.2 Å². The van der Waals surface area contributed by atoms with Crippen LogP contribution in [-0.2, 0) is 19.1 Å². The number of H-pyrrole nitrogens is 2. The van der Waals surface area contributed by atoms with Gasteiger partial charge < -0.3 is 45.0 Å². The number of rotatable bonds is 16. The molecule has 19 heteroatoms. The van der Waals surface area contributed by atoms with Gasteiger partial charge in [0, 0.05) is 49.9 Å². The normalized spacial score (nSPS) is 17.3. The molecule has 1 saturated carbocycles. The summed E-state index contributed by atoms with van der Waals surface area (Å²) >= 11 is 1.71. The van der Waals surface area contributed by atoms with Gasteiger partial charge in [-0.1, -0.05) is 39.8 Å². The lowest BCUT2D eigenvalue weighted by molar-refractivity contribution is -0.135. The number of hydrogen-bond donors (Lipinski definition) is 5. The minimum atomic E-state index is -0.747. The molecule has 4 aromatic heterocycles. The van der Waals surface area contributed by atoms with Crippen molar-refractivity contribution in [3.8, 4) is 39.5 Å². The Morgan fingerprint density at radius 2 is 1.57 bits per heavy atom. The fraction of sp³-hybridized carbons (Fsp3) is 0.420. The Morgan fingerprint density at radius 3 is 2.29 bits per heavy atom. The Kier molecular flexibility index (Phi) is 13.6. The minimum absolute atomic E-state index is 0.127. The molecule has 0 bridgehead atoms. The zero-order valence-corrected chi connectivity index (χ0v) is 41.2. The molecule has 6 aromatic rings. The number of aromatic amines is 2. The van der Waals surface area contributed by atoms with E-state index >= 15 is 4.39 Å². The molecule has 1 saturated heterocycles. The van der Waals surface area contributed by atoms with E-state index in [0.29, 0.717) is 83.5 Å². The SMILES string of the molecule is COC(=O)NC(C(=O)NCCCC(=[Si])c1ncc(-c2ccc3c(c2)c(F)c2n3C(c3ccc(C4CC4)s3)Oc3cc(-c4cnc(C5CCCN5C(=O)C(NC(=O)OC)C(C)C)[nH]4)ccc3-2)[nH]1)C(C)C. The van der Waals surface area contributed by atoms with Crippen molar-refractivity contribution in [3.63, 3.8) is 0 Å². The summed E-state index contributed by atoms with van der Waals surface area (Å²) in [6, 6.07) is 14.0. The van der Waals surface area contributed by atoms with Crippen LogP contribution in [0.25, 0.3) is 44.7 Å². The number of nitrogens with one attached hydrogen (secondary N) is 5. The standard InChI is InChI=1S/C50H56FN9O7SSi/c1-25(2)41(57-49(63)65-5)46(61)52-19-7-10-39(69)45-54-24-32(56-45)28-14-16-34-31(21-28)40(51)43-30-15-13-29(22-36(30)67-48(60(34)43)38-18-17-37(68-38)27-11-12-27)33-23-53-44(55-33)35-9-8-20-59(35)47(62)42(26(3)4)58-50(64)66-6/h13-18,21-27,35,41-42,48H,7-12,19-20H2,1-6H3,(H,52,61)(H,53,55)(H,54,56)(H,57,63)(H,58,64). The largest absolute Gasteiger partial charge is 0.464 e. The maximum Gasteiger partial charge on any atom is 0.407 e. The summed E-state index contributed by atoms with van der Waals surface area (Å²) < 4.78 is 35.7. The third-order valence-electron chi connectivity index (χ3n) is 13.2. The summed E-state index contributed by atoms with van der Waals surface area (Å²) in [5.41, 5.74) is 4.72. The molecular formula is C50H56FN9O7SSi. The van der Waals surface area contributed by atoms with Crippen LogP contribution in [-0.4, -0.2) is 108 Å². The molecule has 3 aliphatic rings. The van der Waals surface area contributed by atoms with Crippen molar-refractivity contribution in [3.05, 3.63) is 88.1 Å². The molecule has 2 aromatic carbocycles. The summed E-state index contributed by atoms with van der Waals surface area (Å²) in [5.74, 6) is 1.22. The van der Waals surface area contributed by atoms with E-state index in [0.717, 1.165) is 46.1 Å². The van der Waals surface area contributed by atoms with Gasteiger partial charge in [0.2, 0.25) is 18.0 Å². The van der Waals surface area contributed by atoms with Crippen molar-refractivity contribution in [1.82, 2.24) is 45.4 Å². The number of benzene rings is 2. The smallest absolute Gasteiger partial charge is 0.407 e. The van der Waals surface area contributed by atoms with Crippen molar-refractivity contribution in [2.75, 3.05) is 27.3 Å². The highest BCUT2D eigenvalue weighted by atomic mass is 32.1. The molecule has 360 valence electrons. The maximum absolute atomic E-state index is 17.3. The van der Waals surface area contributed by atoms with Crippen LogP contribution in [0.15, 0.2) is 60.9 Å². The number of fused-ring (bicyclic) bond motifs is 5. The quantitative estimate of drug-likeness (QED) is 0.0470. The Labute approximate surface area is 406 Å². The molecule has 4 atom stereocenters. The molecule has 69 heavy (non-hydrogen) atoms. The molecule has 6 heterocycles. The predicted octanol–water partition coefficient (Wildman–Crippen LogP) is 8.12. The topological polar surface area (TPSA) is 198 Å². The molecule has 4 unspecified atom stereocenters. The van der Waals surface area contributed by atoms with E-state index in [1.54, 1.807) is 28.6 Å².